The van der Waals surface area contributed by atoms with Crippen molar-refractivity contribution >= 4 is 0 Å². The van der Waals surface area contributed by atoms with Gasteiger partial charge in [-0.05, 0) is 31.5 Å². The van der Waals surface area contributed by atoms with E-state index in [2.05, 4.69) is 0 Å². The van der Waals surface area contributed by atoms with E-state index in [-0.39, 0.29) is 12.7 Å². The van der Waals surface area contributed by atoms with Gasteiger partial charge in [0.05, 0.1) is 18.3 Å². The molecule has 0 heterocycles. The second kappa shape index (κ2) is 5.51. The highest BCUT2D eigenvalue weighted by atomic mass is 19.4. The Labute approximate surface area is 98.0 Å². The molecule has 0 aromatic heterocycles. The molecular weight excluding hydrogens is 233 g/mol. The molecule has 0 amide bonds. The van der Waals surface area contributed by atoms with Crippen LogP contribution in [0.15, 0.2) is 24.3 Å². The van der Waals surface area contributed by atoms with Crippen molar-refractivity contribution in [3.05, 3.63) is 35.4 Å². The lowest BCUT2D eigenvalue weighted by Gasteiger charge is -2.14. The zero-order chi connectivity index (χ0) is 13.1. The first-order valence-electron chi connectivity index (χ1n) is 5.27. The van der Waals surface area contributed by atoms with Gasteiger partial charge in [0.25, 0.3) is 0 Å². The number of halogens is 3. The maximum Gasteiger partial charge on any atom is 0.416 e. The Morgan fingerprint density at radius 1 is 1.18 bits per heavy atom. The Morgan fingerprint density at radius 3 is 2.12 bits per heavy atom. The number of hydrogen-bond donors (Lipinski definition) is 1. The number of aliphatic hydroxyl groups is 1. The molecule has 1 atom stereocenters. The van der Waals surface area contributed by atoms with E-state index in [4.69, 9.17) is 4.74 Å². The van der Waals surface area contributed by atoms with E-state index >= 15 is 0 Å². The predicted octanol–water partition coefficient (Wildman–Crippen LogP) is 3.16. The zero-order valence-electron chi connectivity index (χ0n) is 9.66. The maximum atomic E-state index is 12.3. The van der Waals surface area contributed by atoms with Crippen LogP contribution in [0.3, 0.4) is 0 Å². The van der Waals surface area contributed by atoms with Crippen LogP contribution in [0.25, 0.3) is 0 Å². The van der Waals surface area contributed by atoms with Gasteiger partial charge in [-0.25, -0.2) is 0 Å². The lowest BCUT2D eigenvalue weighted by atomic mass is 10.1. The fraction of sp³-hybridized carbons (Fsp3) is 0.500. The summed E-state index contributed by atoms with van der Waals surface area (Å²) in [5.41, 5.74) is -0.308. The van der Waals surface area contributed by atoms with Crippen molar-refractivity contribution in [3.63, 3.8) is 0 Å². The molecule has 0 radical (unpaired) electrons. The molecule has 0 saturated heterocycles. The minimum atomic E-state index is -4.35. The minimum Gasteiger partial charge on any atom is -0.386 e. The molecule has 96 valence electrons. The van der Waals surface area contributed by atoms with Crippen LogP contribution in [0.1, 0.15) is 31.1 Å². The molecule has 0 saturated carbocycles. The molecule has 17 heavy (non-hydrogen) atoms. The van der Waals surface area contributed by atoms with Crippen molar-refractivity contribution in [1.82, 2.24) is 0 Å². The molecule has 1 rings (SSSR count). The minimum absolute atomic E-state index is 0.0286. The third-order valence-corrected chi connectivity index (χ3v) is 2.21. The molecule has 0 aliphatic heterocycles. The molecule has 1 N–H and O–H groups in total. The van der Waals surface area contributed by atoms with Crippen molar-refractivity contribution in [1.29, 1.82) is 0 Å². The van der Waals surface area contributed by atoms with Gasteiger partial charge in [0.15, 0.2) is 0 Å². The Hall–Kier alpha value is -1.07. The molecule has 0 aliphatic rings. The molecule has 0 aliphatic carbocycles. The number of aliphatic hydroxyl groups excluding tert-OH is 1. The van der Waals surface area contributed by atoms with Crippen LogP contribution in [0, 0.1) is 0 Å². The number of hydrogen-bond acceptors (Lipinski definition) is 2. The number of alkyl halides is 3. The Morgan fingerprint density at radius 2 is 1.71 bits per heavy atom. The van der Waals surface area contributed by atoms with Gasteiger partial charge in [-0.15, -0.1) is 0 Å². The lowest BCUT2D eigenvalue weighted by Crippen LogP contribution is -2.12. The summed E-state index contributed by atoms with van der Waals surface area (Å²) in [6, 6.07) is 4.43. The molecule has 0 fully saturated rings. The normalized spacial score (nSPS) is 14.1. The largest absolute Gasteiger partial charge is 0.416 e. The molecular formula is C12H15F3O2. The summed E-state index contributed by atoms with van der Waals surface area (Å²) < 4.78 is 42.0. The fourth-order valence-corrected chi connectivity index (χ4v) is 1.27. The van der Waals surface area contributed by atoms with Gasteiger partial charge in [-0.3, -0.25) is 0 Å². The van der Waals surface area contributed by atoms with Crippen LogP contribution in [-0.4, -0.2) is 17.8 Å². The molecule has 1 aromatic carbocycles. The molecule has 5 heteroatoms. The summed E-state index contributed by atoms with van der Waals surface area (Å²) in [5.74, 6) is 0. The van der Waals surface area contributed by atoms with E-state index in [0.29, 0.717) is 5.56 Å². The Balaban J connectivity index is 2.67. The van der Waals surface area contributed by atoms with Crippen molar-refractivity contribution < 1.29 is 23.0 Å². The van der Waals surface area contributed by atoms with E-state index in [1.807, 2.05) is 13.8 Å². The SMILES string of the molecule is CC(C)OCC(O)c1ccc(C(F)(F)F)cc1. The van der Waals surface area contributed by atoms with Crippen LogP contribution < -0.4 is 0 Å². The predicted molar refractivity (Wildman–Crippen MR) is 57.5 cm³/mol. The van der Waals surface area contributed by atoms with Gasteiger partial charge >= 0.3 is 6.18 Å². The van der Waals surface area contributed by atoms with Crippen molar-refractivity contribution in [2.24, 2.45) is 0 Å². The number of rotatable bonds is 4. The highest BCUT2D eigenvalue weighted by Crippen LogP contribution is 2.29. The third kappa shape index (κ3) is 4.36. The first-order valence-corrected chi connectivity index (χ1v) is 5.27. The van der Waals surface area contributed by atoms with Crippen LogP contribution in [0.2, 0.25) is 0 Å². The average Bonchev–Trinajstić information content (AvgIpc) is 2.25. The molecule has 1 unspecified atom stereocenters. The Bertz CT molecular complexity index is 344. The quantitative estimate of drug-likeness (QED) is 0.886. The monoisotopic (exact) mass is 248 g/mol. The number of benzene rings is 1. The second-order valence-corrected chi connectivity index (χ2v) is 4.02. The van der Waals surface area contributed by atoms with Crippen molar-refractivity contribution in [2.45, 2.75) is 32.2 Å². The van der Waals surface area contributed by atoms with E-state index in [1.54, 1.807) is 0 Å². The summed E-state index contributed by atoms with van der Waals surface area (Å²) in [4.78, 5) is 0. The van der Waals surface area contributed by atoms with E-state index in [9.17, 15) is 18.3 Å². The average molecular weight is 248 g/mol. The van der Waals surface area contributed by atoms with Crippen LogP contribution in [0.5, 0.6) is 0 Å². The molecule has 0 spiro atoms. The third-order valence-electron chi connectivity index (χ3n) is 2.21. The van der Waals surface area contributed by atoms with Gasteiger partial charge in [-0.1, -0.05) is 12.1 Å². The first kappa shape index (κ1) is 14.0. The van der Waals surface area contributed by atoms with Gasteiger partial charge in [0.1, 0.15) is 6.10 Å². The fourth-order valence-electron chi connectivity index (χ4n) is 1.27. The van der Waals surface area contributed by atoms with Crippen LogP contribution in [0.4, 0.5) is 13.2 Å². The number of ether oxygens (including phenoxy) is 1. The van der Waals surface area contributed by atoms with E-state index < -0.39 is 17.8 Å². The van der Waals surface area contributed by atoms with Crippen LogP contribution in [-0.2, 0) is 10.9 Å². The second-order valence-electron chi connectivity index (χ2n) is 4.02. The lowest BCUT2D eigenvalue weighted by molar-refractivity contribution is -0.137. The van der Waals surface area contributed by atoms with Crippen LogP contribution >= 0.6 is 0 Å². The van der Waals surface area contributed by atoms with Crippen molar-refractivity contribution in [3.8, 4) is 0 Å². The maximum absolute atomic E-state index is 12.3. The smallest absolute Gasteiger partial charge is 0.386 e. The highest BCUT2D eigenvalue weighted by Gasteiger charge is 2.30. The van der Waals surface area contributed by atoms with E-state index in [1.165, 1.54) is 12.1 Å². The summed E-state index contributed by atoms with van der Waals surface area (Å²) >= 11 is 0. The topological polar surface area (TPSA) is 29.5 Å². The summed E-state index contributed by atoms with van der Waals surface area (Å²) in [6.07, 6.45) is -5.28. The van der Waals surface area contributed by atoms with Gasteiger partial charge in [0, 0.05) is 0 Å². The summed E-state index contributed by atoms with van der Waals surface area (Å²) in [7, 11) is 0. The highest BCUT2D eigenvalue weighted by molar-refractivity contribution is 5.26. The molecule has 2 nitrogen and oxygen atoms in total. The summed E-state index contributed by atoms with van der Waals surface area (Å²) in [5, 5.41) is 9.66. The summed E-state index contributed by atoms with van der Waals surface area (Å²) in [6.45, 7) is 3.71. The van der Waals surface area contributed by atoms with E-state index in [0.717, 1.165) is 12.1 Å². The zero-order valence-corrected chi connectivity index (χ0v) is 9.66. The molecule has 0 bridgehead atoms. The van der Waals surface area contributed by atoms with Gasteiger partial charge in [-0.2, -0.15) is 13.2 Å². The van der Waals surface area contributed by atoms with Gasteiger partial charge < -0.3 is 9.84 Å². The van der Waals surface area contributed by atoms with Gasteiger partial charge in [0.2, 0.25) is 0 Å². The standard InChI is InChI=1S/C12H15F3O2/c1-8(2)17-7-11(16)9-3-5-10(6-4-9)12(13,14)15/h3-6,8,11,16H,7H2,1-2H3. The van der Waals surface area contributed by atoms with Crippen molar-refractivity contribution in [2.75, 3.05) is 6.61 Å². The Kier molecular flexibility index (Phi) is 4.54. The first-order chi connectivity index (χ1) is 7.80. The molecule has 1 aromatic rings.